The largest absolute Gasteiger partial charge is 0.480 e. The highest BCUT2D eigenvalue weighted by Gasteiger charge is 2.36. The molecule has 3 atom stereocenters. The molecule has 6 nitrogen and oxygen atoms in total. The molecule has 0 bridgehead atoms. The van der Waals surface area contributed by atoms with Crippen molar-refractivity contribution in [2.45, 2.75) is 38.3 Å². The van der Waals surface area contributed by atoms with Crippen molar-refractivity contribution in [3.05, 3.63) is 34.9 Å². The molecule has 1 aromatic carbocycles. The van der Waals surface area contributed by atoms with Gasteiger partial charge < -0.3 is 10.4 Å². The number of carbonyl (C=O) groups excluding carboxylic acids is 1. The molecule has 1 heterocycles. The van der Waals surface area contributed by atoms with E-state index in [4.69, 9.17) is 11.6 Å². The fourth-order valence-electron chi connectivity index (χ4n) is 2.71. The van der Waals surface area contributed by atoms with Gasteiger partial charge in [0.05, 0.1) is 12.0 Å². The molecule has 1 aliphatic heterocycles. The van der Waals surface area contributed by atoms with E-state index < -0.39 is 17.9 Å². The lowest BCUT2D eigenvalue weighted by Gasteiger charge is -2.22. The van der Waals surface area contributed by atoms with E-state index in [1.54, 1.807) is 6.07 Å². The average molecular weight is 340 g/mol. The van der Waals surface area contributed by atoms with Gasteiger partial charge in [0.25, 0.3) is 0 Å². The van der Waals surface area contributed by atoms with Gasteiger partial charge in [-0.3, -0.25) is 10.2 Å². The van der Waals surface area contributed by atoms with Crippen LogP contribution in [0.3, 0.4) is 0 Å². The number of hydrogen-bond acceptors (Lipinski definition) is 4. The van der Waals surface area contributed by atoms with E-state index >= 15 is 0 Å². The van der Waals surface area contributed by atoms with Crippen LogP contribution >= 0.6 is 11.6 Å². The fraction of sp³-hybridized carbons (Fsp3) is 0.500. The van der Waals surface area contributed by atoms with E-state index in [0.29, 0.717) is 18.0 Å². The molecule has 23 heavy (non-hydrogen) atoms. The summed E-state index contributed by atoms with van der Waals surface area (Å²) in [6.45, 7) is 2.40. The number of aliphatic carboxylic acids is 1. The minimum atomic E-state index is -1.000. The molecule has 0 saturated carbocycles. The van der Waals surface area contributed by atoms with Gasteiger partial charge in [0.2, 0.25) is 5.91 Å². The molecular formula is C16H22ClN3O3. The number of halogens is 1. The molecule has 1 aromatic rings. The topological polar surface area (TPSA) is 90.5 Å². The van der Waals surface area contributed by atoms with E-state index in [-0.39, 0.29) is 11.9 Å². The van der Waals surface area contributed by atoms with Gasteiger partial charge in [-0.05, 0) is 18.1 Å². The van der Waals surface area contributed by atoms with Crippen LogP contribution in [0.15, 0.2) is 24.3 Å². The quantitative estimate of drug-likeness (QED) is 0.609. The SMILES string of the molecule is CCCCC(NC(=O)C1CNNC1c1ccccc1Cl)C(=O)O. The summed E-state index contributed by atoms with van der Waals surface area (Å²) in [6.07, 6.45) is 2.07. The lowest BCUT2D eigenvalue weighted by atomic mass is 9.93. The second kappa shape index (κ2) is 8.29. The molecule has 2 rings (SSSR count). The Kier molecular flexibility index (Phi) is 6.38. The molecule has 1 amide bonds. The summed E-state index contributed by atoms with van der Waals surface area (Å²) in [5.41, 5.74) is 6.82. The standard InChI is InChI=1S/C16H22ClN3O3/c1-2-3-8-13(16(22)23)19-15(21)11-9-18-20-14(11)10-6-4-5-7-12(10)17/h4-7,11,13-14,18,20H,2-3,8-9H2,1H3,(H,19,21)(H,22,23). The van der Waals surface area contributed by atoms with Gasteiger partial charge in [-0.25, -0.2) is 10.2 Å². The third-order valence-electron chi connectivity index (χ3n) is 4.02. The smallest absolute Gasteiger partial charge is 0.326 e. The fourth-order valence-corrected chi connectivity index (χ4v) is 2.96. The van der Waals surface area contributed by atoms with Crippen LogP contribution in [0.5, 0.6) is 0 Å². The maximum atomic E-state index is 12.5. The summed E-state index contributed by atoms with van der Waals surface area (Å²) in [5, 5.41) is 12.5. The molecule has 4 N–H and O–H groups in total. The highest BCUT2D eigenvalue weighted by Crippen LogP contribution is 2.30. The van der Waals surface area contributed by atoms with Crippen molar-refractivity contribution in [1.82, 2.24) is 16.2 Å². The van der Waals surface area contributed by atoms with Crippen LogP contribution in [0.1, 0.15) is 37.8 Å². The second-order valence-corrected chi connectivity index (χ2v) is 6.08. The lowest BCUT2D eigenvalue weighted by molar-refractivity contribution is -0.142. The van der Waals surface area contributed by atoms with E-state index in [0.717, 1.165) is 18.4 Å². The Balaban J connectivity index is 2.08. The Labute approximate surface area is 140 Å². The number of carbonyl (C=O) groups is 2. The predicted octanol–water partition coefficient (Wildman–Crippen LogP) is 1.86. The monoisotopic (exact) mass is 339 g/mol. The highest BCUT2D eigenvalue weighted by atomic mass is 35.5. The van der Waals surface area contributed by atoms with Crippen molar-refractivity contribution in [3.8, 4) is 0 Å². The van der Waals surface area contributed by atoms with Crippen LogP contribution in [0.25, 0.3) is 0 Å². The molecule has 0 aromatic heterocycles. The molecule has 3 unspecified atom stereocenters. The maximum absolute atomic E-state index is 12.5. The number of nitrogens with one attached hydrogen (secondary N) is 3. The van der Waals surface area contributed by atoms with Crippen molar-refractivity contribution < 1.29 is 14.7 Å². The van der Waals surface area contributed by atoms with Crippen LogP contribution in [-0.2, 0) is 9.59 Å². The highest BCUT2D eigenvalue weighted by molar-refractivity contribution is 6.31. The number of unbranched alkanes of at least 4 members (excludes halogenated alkanes) is 1. The minimum Gasteiger partial charge on any atom is -0.480 e. The number of benzene rings is 1. The number of carboxylic acids is 1. The van der Waals surface area contributed by atoms with E-state index in [1.165, 1.54) is 0 Å². The van der Waals surface area contributed by atoms with Gasteiger partial charge in [-0.1, -0.05) is 49.6 Å². The van der Waals surface area contributed by atoms with Crippen LogP contribution in [0, 0.1) is 5.92 Å². The molecule has 1 saturated heterocycles. The third kappa shape index (κ3) is 4.43. The number of hydrogen-bond donors (Lipinski definition) is 4. The Morgan fingerprint density at radius 1 is 1.43 bits per heavy atom. The van der Waals surface area contributed by atoms with Crippen LogP contribution in [0.2, 0.25) is 5.02 Å². The van der Waals surface area contributed by atoms with Crippen molar-refractivity contribution in [1.29, 1.82) is 0 Å². The molecule has 0 aliphatic carbocycles. The molecule has 126 valence electrons. The minimum absolute atomic E-state index is 0.282. The van der Waals surface area contributed by atoms with Crippen LogP contribution in [-0.4, -0.2) is 29.6 Å². The first kappa shape index (κ1) is 17.7. The van der Waals surface area contributed by atoms with Crippen molar-refractivity contribution in [2.75, 3.05) is 6.54 Å². The first-order chi connectivity index (χ1) is 11.0. The van der Waals surface area contributed by atoms with Gasteiger partial charge >= 0.3 is 5.97 Å². The Bertz CT molecular complexity index is 567. The zero-order valence-electron chi connectivity index (χ0n) is 13.0. The predicted molar refractivity (Wildman–Crippen MR) is 87.9 cm³/mol. The zero-order valence-corrected chi connectivity index (χ0v) is 13.8. The summed E-state index contributed by atoms with van der Waals surface area (Å²) in [5.74, 6) is -1.70. The molecule has 1 fully saturated rings. The summed E-state index contributed by atoms with van der Waals surface area (Å²) in [4.78, 5) is 23.8. The van der Waals surface area contributed by atoms with Crippen LogP contribution in [0.4, 0.5) is 0 Å². The third-order valence-corrected chi connectivity index (χ3v) is 4.36. The Morgan fingerprint density at radius 2 is 2.17 bits per heavy atom. The summed E-state index contributed by atoms with van der Waals surface area (Å²) in [6, 6.07) is 6.18. The van der Waals surface area contributed by atoms with E-state index in [9.17, 15) is 14.7 Å². The second-order valence-electron chi connectivity index (χ2n) is 5.67. The lowest BCUT2D eigenvalue weighted by Crippen LogP contribution is -2.45. The molecule has 1 aliphatic rings. The number of hydrazine groups is 1. The van der Waals surface area contributed by atoms with Crippen molar-refractivity contribution >= 4 is 23.5 Å². The van der Waals surface area contributed by atoms with Crippen LogP contribution < -0.4 is 16.2 Å². The molecule has 0 radical (unpaired) electrons. The molecule has 7 heteroatoms. The maximum Gasteiger partial charge on any atom is 0.326 e. The van der Waals surface area contributed by atoms with Gasteiger partial charge in [-0.15, -0.1) is 0 Å². The van der Waals surface area contributed by atoms with Gasteiger partial charge in [-0.2, -0.15) is 0 Å². The first-order valence-electron chi connectivity index (χ1n) is 7.80. The van der Waals surface area contributed by atoms with Crippen molar-refractivity contribution in [2.24, 2.45) is 5.92 Å². The number of amides is 1. The molecule has 0 spiro atoms. The van der Waals surface area contributed by atoms with Crippen molar-refractivity contribution in [3.63, 3.8) is 0 Å². The van der Waals surface area contributed by atoms with Gasteiger partial charge in [0.15, 0.2) is 0 Å². The summed E-state index contributed by atoms with van der Waals surface area (Å²) >= 11 is 6.21. The number of carboxylic acid groups (broad SMARTS) is 1. The first-order valence-corrected chi connectivity index (χ1v) is 8.18. The Hall–Kier alpha value is -1.63. The average Bonchev–Trinajstić information content (AvgIpc) is 3.00. The molecular weight excluding hydrogens is 318 g/mol. The van der Waals surface area contributed by atoms with E-state index in [1.807, 2.05) is 25.1 Å². The van der Waals surface area contributed by atoms with E-state index in [2.05, 4.69) is 16.2 Å². The van der Waals surface area contributed by atoms with Gasteiger partial charge in [0.1, 0.15) is 6.04 Å². The zero-order chi connectivity index (χ0) is 16.8. The Morgan fingerprint density at radius 3 is 2.83 bits per heavy atom. The normalized spacial score (nSPS) is 21.8. The summed E-state index contributed by atoms with van der Waals surface area (Å²) < 4.78 is 0. The van der Waals surface area contributed by atoms with Gasteiger partial charge in [0, 0.05) is 11.6 Å². The summed E-state index contributed by atoms with van der Waals surface area (Å²) in [7, 11) is 0. The number of rotatable bonds is 7.